The van der Waals surface area contributed by atoms with Gasteiger partial charge in [-0.2, -0.15) is 0 Å². The number of thioether (sulfide) groups is 1. The third-order valence-corrected chi connectivity index (χ3v) is 5.40. The van der Waals surface area contributed by atoms with Gasteiger partial charge in [-0.1, -0.05) is 47.4 Å². The molecule has 0 atom stereocenters. The lowest BCUT2D eigenvalue weighted by atomic mass is 10.3. The Morgan fingerprint density at radius 1 is 1.08 bits per heavy atom. The summed E-state index contributed by atoms with van der Waals surface area (Å²) in [6, 6.07) is 16.9. The molecule has 0 bridgehead atoms. The van der Waals surface area contributed by atoms with Crippen molar-refractivity contribution < 1.29 is 0 Å². The van der Waals surface area contributed by atoms with Gasteiger partial charge in [0.1, 0.15) is 5.65 Å². The number of aromatic nitrogens is 4. The largest absolute Gasteiger partial charge is 0.330 e. The highest BCUT2D eigenvalue weighted by molar-refractivity contribution is 8.00. The molecule has 3 heterocycles. The average molecular weight is 367 g/mol. The minimum absolute atomic E-state index is 0.0788. The third kappa shape index (κ3) is 3.70. The van der Waals surface area contributed by atoms with Crippen LogP contribution in [0.1, 0.15) is 5.69 Å². The fourth-order valence-electron chi connectivity index (χ4n) is 2.28. The Balaban J connectivity index is 1.46. The van der Waals surface area contributed by atoms with Crippen LogP contribution in [0.5, 0.6) is 0 Å². The summed E-state index contributed by atoms with van der Waals surface area (Å²) in [5.74, 6) is 0.570. The molecular weight excluding hydrogens is 354 g/mol. The Labute approximate surface area is 151 Å². The van der Waals surface area contributed by atoms with E-state index >= 15 is 0 Å². The van der Waals surface area contributed by atoms with Crippen molar-refractivity contribution in [2.75, 3.05) is 5.32 Å². The molecule has 8 heteroatoms. The SMILES string of the molecule is O=c1cc(CSc2nnc(Nc3ccccc3)s2)nc2ccccn12. The molecular formula is C17H13N5OS2. The van der Waals surface area contributed by atoms with Gasteiger partial charge in [-0.25, -0.2) is 4.98 Å². The van der Waals surface area contributed by atoms with Gasteiger partial charge in [-0.05, 0) is 24.3 Å². The summed E-state index contributed by atoms with van der Waals surface area (Å²) in [7, 11) is 0. The summed E-state index contributed by atoms with van der Waals surface area (Å²) < 4.78 is 2.36. The van der Waals surface area contributed by atoms with E-state index in [1.54, 1.807) is 12.3 Å². The van der Waals surface area contributed by atoms with Crippen molar-refractivity contribution in [3.8, 4) is 0 Å². The van der Waals surface area contributed by atoms with Crippen LogP contribution in [0.2, 0.25) is 0 Å². The molecule has 4 rings (SSSR count). The van der Waals surface area contributed by atoms with E-state index in [1.807, 2.05) is 48.5 Å². The van der Waals surface area contributed by atoms with Crippen LogP contribution >= 0.6 is 23.1 Å². The first-order chi connectivity index (χ1) is 12.3. The van der Waals surface area contributed by atoms with E-state index < -0.39 is 0 Å². The van der Waals surface area contributed by atoms with Crippen molar-refractivity contribution in [2.24, 2.45) is 0 Å². The molecule has 0 unspecified atom stereocenters. The molecule has 124 valence electrons. The van der Waals surface area contributed by atoms with Crippen molar-refractivity contribution in [1.29, 1.82) is 0 Å². The Morgan fingerprint density at radius 2 is 1.92 bits per heavy atom. The Kier molecular flexibility index (Phi) is 4.45. The minimum Gasteiger partial charge on any atom is -0.330 e. The van der Waals surface area contributed by atoms with Gasteiger partial charge < -0.3 is 5.32 Å². The zero-order valence-electron chi connectivity index (χ0n) is 13.0. The van der Waals surface area contributed by atoms with Gasteiger partial charge in [0, 0.05) is 23.7 Å². The molecule has 3 aromatic heterocycles. The quantitative estimate of drug-likeness (QED) is 0.544. The van der Waals surface area contributed by atoms with E-state index in [0.717, 1.165) is 20.9 Å². The number of nitrogens with one attached hydrogen (secondary N) is 1. The summed E-state index contributed by atoms with van der Waals surface area (Å²) in [6.45, 7) is 0. The predicted octanol–water partition coefficient (Wildman–Crippen LogP) is 3.58. The van der Waals surface area contributed by atoms with E-state index in [0.29, 0.717) is 11.4 Å². The number of nitrogens with zero attached hydrogens (tertiary/aromatic N) is 4. The Bertz CT molecular complexity index is 1060. The zero-order chi connectivity index (χ0) is 17.1. The van der Waals surface area contributed by atoms with Gasteiger partial charge in [0.25, 0.3) is 5.56 Å². The van der Waals surface area contributed by atoms with Crippen molar-refractivity contribution in [2.45, 2.75) is 10.1 Å². The first-order valence-electron chi connectivity index (χ1n) is 7.54. The van der Waals surface area contributed by atoms with Gasteiger partial charge in [-0.15, -0.1) is 10.2 Å². The summed E-state index contributed by atoms with van der Waals surface area (Å²) in [4.78, 5) is 16.6. The number of benzene rings is 1. The Hall–Kier alpha value is -2.71. The second kappa shape index (κ2) is 7.04. The summed E-state index contributed by atoms with van der Waals surface area (Å²) in [5, 5.41) is 12.3. The van der Waals surface area contributed by atoms with E-state index in [4.69, 9.17) is 0 Å². The second-order valence-corrected chi connectivity index (χ2v) is 7.37. The highest BCUT2D eigenvalue weighted by Crippen LogP contribution is 2.29. The standard InChI is InChI=1S/C17H13N5OS2/c23-15-10-13(18-14-8-4-5-9-22(14)15)11-24-17-21-20-16(25-17)19-12-6-2-1-3-7-12/h1-10H,11H2,(H,19,20). The lowest BCUT2D eigenvalue weighted by Gasteiger charge is -2.02. The molecule has 0 saturated carbocycles. The zero-order valence-corrected chi connectivity index (χ0v) is 14.6. The van der Waals surface area contributed by atoms with Gasteiger partial charge in [0.15, 0.2) is 4.34 Å². The van der Waals surface area contributed by atoms with Crippen molar-refractivity contribution >= 4 is 39.6 Å². The van der Waals surface area contributed by atoms with Crippen LogP contribution < -0.4 is 10.9 Å². The molecule has 4 aromatic rings. The highest BCUT2D eigenvalue weighted by atomic mass is 32.2. The molecule has 1 N–H and O–H groups in total. The van der Waals surface area contributed by atoms with E-state index in [2.05, 4.69) is 20.5 Å². The fourth-order valence-corrected chi connectivity index (χ4v) is 3.94. The van der Waals surface area contributed by atoms with Crippen LogP contribution in [-0.4, -0.2) is 19.6 Å². The van der Waals surface area contributed by atoms with Crippen molar-refractivity contribution in [3.63, 3.8) is 0 Å². The van der Waals surface area contributed by atoms with Crippen LogP contribution in [0, 0.1) is 0 Å². The molecule has 0 aliphatic rings. The first kappa shape index (κ1) is 15.8. The second-order valence-electron chi connectivity index (χ2n) is 5.17. The predicted molar refractivity (Wildman–Crippen MR) is 101 cm³/mol. The highest BCUT2D eigenvalue weighted by Gasteiger charge is 2.07. The molecule has 0 radical (unpaired) electrons. The number of pyridine rings is 1. The maximum absolute atomic E-state index is 12.1. The molecule has 6 nitrogen and oxygen atoms in total. The molecule has 0 amide bonds. The maximum atomic E-state index is 12.1. The Morgan fingerprint density at radius 3 is 2.80 bits per heavy atom. The molecule has 25 heavy (non-hydrogen) atoms. The van der Waals surface area contributed by atoms with Crippen LogP contribution in [0.15, 0.2) is 69.9 Å². The van der Waals surface area contributed by atoms with Crippen LogP contribution in [-0.2, 0) is 5.75 Å². The van der Waals surface area contributed by atoms with Crippen LogP contribution in [0.4, 0.5) is 10.8 Å². The summed E-state index contributed by atoms with van der Waals surface area (Å²) in [6.07, 6.45) is 1.72. The maximum Gasteiger partial charge on any atom is 0.258 e. The van der Waals surface area contributed by atoms with Crippen LogP contribution in [0.25, 0.3) is 5.65 Å². The number of hydrogen-bond donors (Lipinski definition) is 1. The van der Waals surface area contributed by atoms with Crippen molar-refractivity contribution in [3.05, 3.63) is 76.8 Å². The van der Waals surface area contributed by atoms with E-state index in [1.165, 1.54) is 27.5 Å². The number of anilines is 2. The van der Waals surface area contributed by atoms with Gasteiger partial charge in [0.05, 0.1) is 5.69 Å². The molecule has 0 spiro atoms. The molecule has 0 aliphatic heterocycles. The molecule has 0 fully saturated rings. The van der Waals surface area contributed by atoms with Gasteiger partial charge >= 0.3 is 0 Å². The number of rotatable bonds is 5. The smallest absolute Gasteiger partial charge is 0.258 e. The topological polar surface area (TPSA) is 72.2 Å². The number of hydrogen-bond acceptors (Lipinski definition) is 7. The third-order valence-electron chi connectivity index (χ3n) is 3.40. The molecule has 0 saturated heterocycles. The van der Waals surface area contributed by atoms with E-state index in [9.17, 15) is 4.79 Å². The van der Waals surface area contributed by atoms with Gasteiger partial charge in [-0.3, -0.25) is 9.20 Å². The summed E-state index contributed by atoms with van der Waals surface area (Å²) >= 11 is 2.99. The van der Waals surface area contributed by atoms with Crippen LogP contribution in [0.3, 0.4) is 0 Å². The average Bonchev–Trinajstić information content (AvgIpc) is 3.08. The fraction of sp³-hybridized carbons (Fsp3) is 0.0588. The monoisotopic (exact) mass is 367 g/mol. The van der Waals surface area contributed by atoms with Crippen molar-refractivity contribution in [1.82, 2.24) is 19.6 Å². The van der Waals surface area contributed by atoms with E-state index in [-0.39, 0.29) is 5.56 Å². The molecule has 1 aromatic carbocycles. The number of para-hydroxylation sites is 1. The summed E-state index contributed by atoms with van der Waals surface area (Å²) in [5.41, 5.74) is 2.27. The molecule has 0 aliphatic carbocycles. The lowest BCUT2D eigenvalue weighted by molar-refractivity contribution is 1.00. The lowest BCUT2D eigenvalue weighted by Crippen LogP contribution is -2.14. The first-order valence-corrected chi connectivity index (χ1v) is 9.34. The minimum atomic E-state index is -0.0788. The van der Waals surface area contributed by atoms with Gasteiger partial charge in [0.2, 0.25) is 5.13 Å². The number of fused-ring (bicyclic) bond motifs is 1. The normalized spacial score (nSPS) is 10.9.